The predicted molar refractivity (Wildman–Crippen MR) is 85.9 cm³/mol. The van der Waals surface area contributed by atoms with Crippen molar-refractivity contribution >= 4 is 11.7 Å². The minimum atomic E-state index is -1.02. The first kappa shape index (κ1) is 16.4. The number of aryl methyl sites for hydroxylation is 1. The van der Waals surface area contributed by atoms with Gasteiger partial charge in [0.05, 0.1) is 6.20 Å². The van der Waals surface area contributed by atoms with Crippen molar-refractivity contribution in [1.29, 1.82) is 0 Å². The van der Waals surface area contributed by atoms with E-state index >= 15 is 0 Å². The van der Waals surface area contributed by atoms with Crippen molar-refractivity contribution in [1.82, 2.24) is 19.9 Å². The summed E-state index contributed by atoms with van der Waals surface area (Å²) < 4.78 is 14.7. The van der Waals surface area contributed by atoms with Gasteiger partial charge in [0.25, 0.3) is 0 Å². The van der Waals surface area contributed by atoms with Crippen LogP contribution in [0.25, 0.3) is 0 Å². The normalized spacial score (nSPS) is 20.4. The molecule has 0 unspecified atom stereocenters. The fourth-order valence-electron chi connectivity index (χ4n) is 2.80. The molecule has 7 nitrogen and oxygen atoms in total. The molecule has 2 aromatic heterocycles. The molecular formula is C16H20FN5O2. The molecule has 1 saturated heterocycles. The lowest BCUT2D eigenvalue weighted by Crippen LogP contribution is -2.45. The highest BCUT2D eigenvalue weighted by Crippen LogP contribution is 2.25. The minimum absolute atomic E-state index is 0.164. The van der Waals surface area contributed by atoms with Crippen LogP contribution in [0, 0.1) is 12.7 Å². The molecule has 0 radical (unpaired) electrons. The Kier molecular flexibility index (Phi) is 4.48. The van der Waals surface area contributed by atoms with Crippen LogP contribution in [0.2, 0.25) is 0 Å². The Hall–Kier alpha value is -2.48. The average molecular weight is 333 g/mol. The van der Waals surface area contributed by atoms with Crippen molar-refractivity contribution < 1.29 is 14.3 Å². The van der Waals surface area contributed by atoms with Gasteiger partial charge >= 0.3 is 0 Å². The lowest BCUT2D eigenvalue weighted by Gasteiger charge is -2.24. The fraction of sp³-hybridized carbons (Fsp3) is 0.438. The second kappa shape index (κ2) is 6.56. The van der Waals surface area contributed by atoms with E-state index in [2.05, 4.69) is 15.3 Å². The highest BCUT2D eigenvalue weighted by Gasteiger charge is 2.36. The number of aliphatic hydroxyl groups is 1. The maximum atomic E-state index is 12.9. The molecule has 8 heteroatoms. The second-order valence-electron chi connectivity index (χ2n) is 6.11. The van der Waals surface area contributed by atoms with Gasteiger partial charge in [-0.1, -0.05) is 0 Å². The molecule has 1 fully saturated rings. The standard InChI is InChI=1S/C16H20FN5O2/c1-12-18-5-7-21(12)9-15(23)20-10-16(24)4-6-22(11-16)14-3-2-13(17)8-19-14/h2-3,5,7-8,24H,4,6,9-11H2,1H3,(H,20,23)/t16-/m0/s1. The molecule has 1 aliphatic heterocycles. The van der Waals surface area contributed by atoms with Crippen LogP contribution < -0.4 is 10.2 Å². The number of rotatable bonds is 5. The summed E-state index contributed by atoms with van der Waals surface area (Å²) in [4.78, 5) is 22.0. The number of nitrogens with one attached hydrogen (secondary N) is 1. The molecule has 1 aliphatic rings. The lowest BCUT2D eigenvalue weighted by atomic mass is 10.0. The summed E-state index contributed by atoms with van der Waals surface area (Å²) in [5, 5.41) is 13.4. The van der Waals surface area contributed by atoms with Gasteiger partial charge in [-0.15, -0.1) is 0 Å². The number of pyridine rings is 1. The molecular weight excluding hydrogens is 313 g/mol. The van der Waals surface area contributed by atoms with Gasteiger partial charge in [0.2, 0.25) is 5.91 Å². The second-order valence-corrected chi connectivity index (χ2v) is 6.11. The largest absolute Gasteiger partial charge is 0.386 e. The lowest BCUT2D eigenvalue weighted by molar-refractivity contribution is -0.122. The van der Waals surface area contributed by atoms with Crippen molar-refractivity contribution in [3.8, 4) is 0 Å². The molecule has 0 aromatic carbocycles. The Morgan fingerprint density at radius 2 is 2.29 bits per heavy atom. The average Bonchev–Trinajstić information content (AvgIpc) is 3.14. The number of anilines is 1. The monoisotopic (exact) mass is 333 g/mol. The zero-order valence-electron chi connectivity index (χ0n) is 13.4. The van der Waals surface area contributed by atoms with E-state index in [0.717, 1.165) is 12.0 Å². The number of carbonyl (C=O) groups excluding carboxylic acids is 1. The van der Waals surface area contributed by atoms with Crippen LogP contribution in [0.5, 0.6) is 0 Å². The van der Waals surface area contributed by atoms with E-state index in [1.807, 2.05) is 11.8 Å². The van der Waals surface area contributed by atoms with Crippen LogP contribution in [0.3, 0.4) is 0 Å². The van der Waals surface area contributed by atoms with Crippen LogP contribution in [0.1, 0.15) is 12.2 Å². The van der Waals surface area contributed by atoms with Gasteiger partial charge < -0.3 is 19.9 Å². The van der Waals surface area contributed by atoms with E-state index < -0.39 is 11.4 Å². The Morgan fingerprint density at radius 1 is 1.46 bits per heavy atom. The molecule has 2 N–H and O–H groups in total. The Balaban J connectivity index is 1.53. The minimum Gasteiger partial charge on any atom is -0.386 e. The topological polar surface area (TPSA) is 83.3 Å². The number of hydrogen-bond donors (Lipinski definition) is 2. The fourth-order valence-corrected chi connectivity index (χ4v) is 2.80. The first-order valence-electron chi connectivity index (χ1n) is 7.78. The number of β-amino-alcohol motifs (C(OH)–C–C–N with tert-alkyl or cyclic N) is 1. The van der Waals surface area contributed by atoms with Crippen molar-refractivity contribution in [2.24, 2.45) is 0 Å². The summed E-state index contributed by atoms with van der Waals surface area (Å²) in [5.74, 6) is 0.809. The van der Waals surface area contributed by atoms with Gasteiger partial charge in [-0.25, -0.2) is 14.4 Å². The molecule has 3 heterocycles. The molecule has 24 heavy (non-hydrogen) atoms. The maximum Gasteiger partial charge on any atom is 0.240 e. The van der Waals surface area contributed by atoms with Crippen molar-refractivity contribution in [3.63, 3.8) is 0 Å². The van der Waals surface area contributed by atoms with E-state index in [1.165, 1.54) is 6.07 Å². The van der Waals surface area contributed by atoms with Crippen LogP contribution in [0.15, 0.2) is 30.7 Å². The van der Waals surface area contributed by atoms with E-state index in [0.29, 0.717) is 25.3 Å². The van der Waals surface area contributed by atoms with E-state index in [1.54, 1.807) is 23.0 Å². The van der Waals surface area contributed by atoms with E-state index in [-0.39, 0.29) is 19.0 Å². The molecule has 0 saturated carbocycles. The third-order valence-corrected chi connectivity index (χ3v) is 4.22. The number of halogens is 1. The van der Waals surface area contributed by atoms with Crippen LogP contribution in [0.4, 0.5) is 10.2 Å². The molecule has 0 spiro atoms. The van der Waals surface area contributed by atoms with Crippen molar-refractivity contribution in [2.45, 2.75) is 25.5 Å². The third-order valence-electron chi connectivity index (χ3n) is 4.22. The smallest absolute Gasteiger partial charge is 0.240 e. The SMILES string of the molecule is Cc1nccn1CC(=O)NC[C@@]1(O)CCN(c2ccc(F)cn2)C1. The highest BCUT2D eigenvalue weighted by atomic mass is 19.1. The molecule has 3 rings (SSSR count). The maximum absolute atomic E-state index is 12.9. The first-order valence-corrected chi connectivity index (χ1v) is 7.78. The zero-order valence-corrected chi connectivity index (χ0v) is 13.4. The van der Waals surface area contributed by atoms with Crippen LogP contribution in [-0.2, 0) is 11.3 Å². The summed E-state index contributed by atoms with van der Waals surface area (Å²) in [5.41, 5.74) is -1.02. The van der Waals surface area contributed by atoms with Crippen molar-refractivity contribution in [2.75, 3.05) is 24.5 Å². The van der Waals surface area contributed by atoms with Gasteiger partial charge in [-0.05, 0) is 25.5 Å². The predicted octanol–water partition coefficient (Wildman–Crippen LogP) is 0.483. The van der Waals surface area contributed by atoms with Gasteiger partial charge in [0.15, 0.2) is 0 Å². The quantitative estimate of drug-likeness (QED) is 0.832. The van der Waals surface area contributed by atoms with E-state index in [4.69, 9.17) is 0 Å². The molecule has 0 bridgehead atoms. The number of carbonyl (C=O) groups is 1. The zero-order chi connectivity index (χ0) is 17.2. The van der Waals surface area contributed by atoms with Crippen LogP contribution in [-0.4, -0.2) is 50.8 Å². The summed E-state index contributed by atoms with van der Waals surface area (Å²) in [6, 6.07) is 2.93. The number of amides is 1. The number of imidazole rings is 1. The van der Waals surface area contributed by atoms with Crippen LogP contribution >= 0.6 is 0 Å². The highest BCUT2D eigenvalue weighted by molar-refractivity contribution is 5.75. The van der Waals surface area contributed by atoms with Gasteiger partial charge in [0.1, 0.15) is 29.6 Å². The summed E-state index contributed by atoms with van der Waals surface area (Å²) >= 11 is 0. The van der Waals surface area contributed by atoms with E-state index in [9.17, 15) is 14.3 Å². The summed E-state index contributed by atoms with van der Waals surface area (Å²) in [7, 11) is 0. The summed E-state index contributed by atoms with van der Waals surface area (Å²) in [6.45, 7) is 3.11. The van der Waals surface area contributed by atoms with Gasteiger partial charge in [0, 0.05) is 32.0 Å². The molecule has 128 valence electrons. The van der Waals surface area contributed by atoms with Crippen molar-refractivity contribution in [3.05, 3.63) is 42.4 Å². The number of aromatic nitrogens is 3. The molecule has 2 aromatic rings. The summed E-state index contributed by atoms with van der Waals surface area (Å²) in [6.07, 6.45) is 5.04. The Morgan fingerprint density at radius 3 is 2.96 bits per heavy atom. The van der Waals surface area contributed by atoms with Gasteiger partial charge in [-0.3, -0.25) is 4.79 Å². The molecule has 1 atom stereocenters. The third kappa shape index (κ3) is 3.70. The van der Waals surface area contributed by atoms with Gasteiger partial charge in [-0.2, -0.15) is 0 Å². The molecule has 1 amide bonds. The Labute approximate surface area is 139 Å². The number of nitrogens with zero attached hydrogens (tertiary/aromatic N) is 4. The molecule has 0 aliphatic carbocycles. The number of hydrogen-bond acceptors (Lipinski definition) is 5. The Bertz CT molecular complexity index is 718. The first-order chi connectivity index (χ1) is 11.5.